The molecule has 20 heavy (non-hydrogen) atoms. The Bertz CT molecular complexity index is 619. The molecular formula is C15H17N3O2. The van der Waals surface area contributed by atoms with Gasteiger partial charge in [0.2, 0.25) is 0 Å². The Morgan fingerprint density at radius 3 is 2.35 bits per heavy atom. The van der Waals surface area contributed by atoms with Gasteiger partial charge in [-0.3, -0.25) is 0 Å². The summed E-state index contributed by atoms with van der Waals surface area (Å²) in [5, 5.41) is 12.3. The van der Waals surface area contributed by atoms with Crippen LogP contribution in [0.3, 0.4) is 0 Å². The minimum Gasteiger partial charge on any atom is -0.477 e. The van der Waals surface area contributed by atoms with Crippen molar-refractivity contribution in [1.29, 1.82) is 0 Å². The number of carboxylic acid groups (broad SMARTS) is 1. The van der Waals surface area contributed by atoms with Crippen LogP contribution in [-0.2, 0) is 0 Å². The molecule has 0 aliphatic carbocycles. The van der Waals surface area contributed by atoms with E-state index >= 15 is 0 Å². The molecule has 0 bridgehead atoms. The van der Waals surface area contributed by atoms with E-state index in [9.17, 15) is 4.79 Å². The van der Waals surface area contributed by atoms with Gasteiger partial charge in [0, 0.05) is 17.2 Å². The third kappa shape index (κ3) is 3.54. The van der Waals surface area contributed by atoms with Crippen molar-refractivity contribution in [2.24, 2.45) is 0 Å². The van der Waals surface area contributed by atoms with Gasteiger partial charge in [-0.1, -0.05) is 30.3 Å². The monoisotopic (exact) mass is 271 g/mol. The fourth-order valence-electron chi connectivity index (χ4n) is 1.72. The van der Waals surface area contributed by atoms with Crippen LogP contribution in [0.4, 0.5) is 5.82 Å². The van der Waals surface area contributed by atoms with Gasteiger partial charge in [-0.25, -0.2) is 14.8 Å². The molecule has 2 N–H and O–H groups in total. The van der Waals surface area contributed by atoms with Crippen LogP contribution < -0.4 is 5.32 Å². The Balaban J connectivity index is 2.49. The fraction of sp³-hybridized carbons (Fsp3) is 0.267. The first-order valence-corrected chi connectivity index (χ1v) is 6.31. The van der Waals surface area contributed by atoms with Gasteiger partial charge in [0.1, 0.15) is 5.82 Å². The zero-order valence-corrected chi connectivity index (χ0v) is 11.7. The van der Waals surface area contributed by atoms with E-state index in [2.05, 4.69) is 15.3 Å². The van der Waals surface area contributed by atoms with Crippen LogP contribution >= 0.6 is 0 Å². The zero-order chi connectivity index (χ0) is 14.8. The highest BCUT2D eigenvalue weighted by atomic mass is 16.4. The second-order valence-corrected chi connectivity index (χ2v) is 5.51. The minimum absolute atomic E-state index is 0.0226. The number of rotatable bonds is 3. The van der Waals surface area contributed by atoms with Gasteiger partial charge >= 0.3 is 5.97 Å². The molecule has 5 heteroatoms. The maximum atomic E-state index is 11.2. The summed E-state index contributed by atoms with van der Waals surface area (Å²) in [5.41, 5.74) is 0.552. The average Bonchev–Trinajstić information content (AvgIpc) is 2.37. The lowest BCUT2D eigenvalue weighted by atomic mass is 10.1. The van der Waals surface area contributed by atoms with Crippen molar-refractivity contribution < 1.29 is 9.90 Å². The number of nitrogens with zero attached hydrogens (tertiary/aromatic N) is 2. The number of aromatic nitrogens is 2. The van der Waals surface area contributed by atoms with Crippen LogP contribution in [0.2, 0.25) is 0 Å². The Morgan fingerprint density at radius 1 is 1.15 bits per heavy atom. The maximum absolute atomic E-state index is 11.2. The smallest absolute Gasteiger partial charge is 0.354 e. The highest BCUT2D eigenvalue weighted by molar-refractivity contribution is 5.87. The molecule has 0 amide bonds. The number of carboxylic acids is 1. The summed E-state index contributed by atoms with van der Waals surface area (Å²) in [6.45, 7) is 5.95. The van der Waals surface area contributed by atoms with Crippen molar-refractivity contribution in [2.75, 3.05) is 5.32 Å². The van der Waals surface area contributed by atoms with E-state index in [0.717, 1.165) is 5.56 Å². The van der Waals surface area contributed by atoms with Gasteiger partial charge in [-0.05, 0) is 20.8 Å². The first kappa shape index (κ1) is 14.0. The molecule has 2 aromatic rings. The summed E-state index contributed by atoms with van der Waals surface area (Å²) in [6, 6.07) is 10.8. The lowest BCUT2D eigenvalue weighted by molar-refractivity contribution is 0.0690. The second-order valence-electron chi connectivity index (χ2n) is 5.51. The summed E-state index contributed by atoms with van der Waals surface area (Å²) >= 11 is 0. The molecule has 5 nitrogen and oxygen atoms in total. The molecular weight excluding hydrogens is 254 g/mol. The van der Waals surface area contributed by atoms with E-state index in [-0.39, 0.29) is 11.2 Å². The van der Waals surface area contributed by atoms with Crippen LogP contribution in [0.5, 0.6) is 0 Å². The van der Waals surface area contributed by atoms with E-state index in [0.29, 0.717) is 11.6 Å². The lowest BCUT2D eigenvalue weighted by Gasteiger charge is -2.21. The molecule has 0 aliphatic heterocycles. The summed E-state index contributed by atoms with van der Waals surface area (Å²) in [6.07, 6.45) is 0. The molecule has 104 valence electrons. The largest absolute Gasteiger partial charge is 0.477 e. The molecule has 0 atom stereocenters. The quantitative estimate of drug-likeness (QED) is 0.897. The predicted octanol–water partition coefficient (Wildman–Crippen LogP) is 3.05. The van der Waals surface area contributed by atoms with Crippen molar-refractivity contribution in [3.8, 4) is 11.4 Å². The first-order chi connectivity index (χ1) is 9.35. The third-order valence-corrected chi connectivity index (χ3v) is 2.48. The van der Waals surface area contributed by atoms with Gasteiger partial charge in [-0.2, -0.15) is 0 Å². The molecule has 0 saturated carbocycles. The molecule has 0 fully saturated rings. The molecule has 2 rings (SSSR count). The van der Waals surface area contributed by atoms with Crippen LogP contribution in [-0.4, -0.2) is 26.6 Å². The number of nitrogens with one attached hydrogen (secondary N) is 1. The fourth-order valence-corrected chi connectivity index (χ4v) is 1.72. The Hall–Kier alpha value is -2.43. The van der Waals surface area contributed by atoms with Crippen LogP contribution in [0.25, 0.3) is 11.4 Å². The standard InChI is InChI=1S/C15H17N3O2/c1-15(2,3)18-12-9-11(14(19)20)16-13(17-12)10-7-5-4-6-8-10/h4-9H,1-3H3,(H,19,20)(H,16,17,18). The van der Waals surface area contributed by atoms with Gasteiger partial charge in [-0.15, -0.1) is 0 Å². The van der Waals surface area contributed by atoms with E-state index in [1.165, 1.54) is 6.07 Å². The van der Waals surface area contributed by atoms with Crippen molar-refractivity contribution in [3.63, 3.8) is 0 Å². The SMILES string of the molecule is CC(C)(C)Nc1cc(C(=O)O)nc(-c2ccccc2)n1. The van der Waals surface area contributed by atoms with Crippen LogP contribution in [0.15, 0.2) is 36.4 Å². The molecule has 1 aromatic carbocycles. The zero-order valence-electron chi connectivity index (χ0n) is 11.7. The molecule has 0 saturated heterocycles. The summed E-state index contributed by atoms with van der Waals surface area (Å²) in [5.74, 6) is -0.164. The van der Waals surface area contributed by atoms with Crippen LogP contribution in [0.1, 0.15) is 31.3 Å². The summed E-state index contributed by atoms with van der Waals surface area (Å²) in [4.78, 5) is 19.7. The van der Waals surface area contributed by atoms with Gasteiger partial charge in [0.05, 0.1) is 0 Å². The normalized spacial score (nSPS) is 11.2. The molecule has 0 spiro atoms. The van der Waals surface area contributed by atoms with Gasteiger partial charge in [0.25, 0.3) is 0 Å². The summed E-state index contributed by atoms with van der Waals surface area (Å²) in [7, 11) is 0. The van der Waals surface area contributed by atoms with Crippen molar-refractivity contribution in [1.82, 2.24) is 9.97 Å². The number of hydrogen-bond donors (Lipinski definition) is 2. The first-order valence-electron chi connectivity index (χ1n) is 6.31. The van der Waals surface area contributed by atoms with Gasteiger partial charge in [0.15, 0.2) is 11.5 Å². The van der Waals surface area contributed by atoms with E-state index in [1.54, 1.807) is 0 Å². The lowest BCUT2D eigenvalue weighted by Crippen LogP contribution is -2.27. The highest BCUT2D eigenvalue weighted by Gasteiger charge is 2.15. The number of benzene rings is 1. The molecule has 0 aliphatic rings. The number of carbonyl (C=O) groups is 1. The van der Waals surface area contributed by atoms with Gasteiger partial charge < -0.3 is 10.4 Å². The molecule has 1 heterocycles. The maximum Gasteiger partial charge on any atom is 0.354 e. The third-order valence-electron chi connectivity index (χ3n) is 2.48. The molecule has 0 unspecified atom stereocenters. The van der Waals surface area contributed by atoms with E-state index in [4.69, 9.17) is 5.11 Å². The van der Waals surface area contributed by atoms with E-state index in [1.807, 2.05) is 51.1 Å². The van der Waals surface area contributed by atoms with Crippen LogP contribution in [0, 0.1) is 0 Å². The Labute approximate surface area is 117 Å². The predicted molar refractivity (Wildman–Crippen MR) is 77.8 cm³/mol. The average molecular weight is 271 g/mol. The van der Waals surface area contributed by atoms with Crippen molar-refractivity contribution in [2.45, 2.75) is 26.3 Å². The van der Waals surface area contributed by atoms with Crippen molar-refractivity contribution >= 4 is 11.8 Å². The Kier molecular flexibility index (Phi) is 3.70. The number of hydrogen-bond acceptors (Lipinski definition) is 4. The molecule has 0 radical (unpaired) electrons. The number of anilines is 1. The number of aromatic carboxylic acids is 1. The topological polar surface area (TPSA) is 75.1 Å². The second kappa shape index (κ2) is 5.28. The minimum atomic E-state index is -1.07. The van der Waals surface area contributed by atoms with Crippen molar-refractivity contribution in [3.05, 3.63) is 42.1 Å². The highest BCUT2D eigenvalue weighted by Crippen LogP contribution is 2.20. The van der Waals surface area contributed by atoms with E-state index < -0.39 is 5.97 Å². The molecule has 1 aromatic heterocycles. The summed E-state index contributed by atoms with van der Waals surface area (Å²) < 4.78 is 0. The Morgan fingerprint density at radius 2 is 1.80 bits per heavy atom.